The summed E-state index contributed by atoms with van der Waals surface area (Å²) < 4.78 is 4.85. The molecule has 0 radical (unpaired) electrons. The van der Waals surface area contributed by atoms with Crippen molar-refractivity contribution in [1.82, 2.24) is 14.9 Å². The molecule has 1 aromatic carbocycles. The topological polar surface area (TPSA) is 75.3 Å². The second-order valence-corrected chi connectivity index (χ2v) is 9.01. The molecule has 0 unspecified atom stereocenters. The van der Waals surface area contributed by atoms with Gasteiger partial charge in [-0.25, -0.2) is 9.78 Å². The van der Waals surface area contributed by atoms with Gasteiger partial charge in [-0.05, 0) is 31.0 Å². The fourth-order valence-electron chi connectivity index (χ4n) is 3.86. The van der Waals surface area contributed by atoms with Gasteiger partial charge in [-0.15, -0.1) is 11.3 Å². The van der Waals surface area contributed by atoms with E-state index in [9.17, 15) is 9.59 Å². The summed E-state index contributed by atoms with van der Waals surface area (Å²) in [5.74, 6) is 0.193. The van der Waals surface area contributed by atoms with Gasteiger partial charge in [0.05, 0.1) is 23.4 Å². The number of esters is 1. The molecule has 0 atom stereocenters. The van der Waals surface area contributed by atoms with Crippen molar-refractivity contribution in [3.63, 3.8) is 0 Å². The van der Waals surface area contributed by atoms with Gasteiger partial charge >= 0.3 is 5.97 Å². The minimum absolute atomic E-state index is 0.0409. The van der Waals surface area contributed by atoms with Crippen molar-refractivity contribution in [2.24, 2.45) is 5.92 Å². The zero-order valence-electron chi connectivity index (χ0n) is 17.2. The maximum atomic E-state index is 13.2. The first-order valence-corrected chi connectivity index (χ1v) is 10.7. The molecule has 29 heavy (non-hydrogen) atoms. The summed E-state index contributed by atoms with van der Waals surface area (Å²) in [5, 5.41) is 2.00. The van der Waals surface area contributed by atoms with Gasteiger partial charge in [0.25, 0.3) is 5.91 Å². The number of aromatic amines is 1. The molecule has 0 spiro atoms. The number of H-pyrrole nitrogens is 1. The molecular formula is C22H25N3O3S. The standard InChI is InChI=1S/C22H25N3O3S/c1-12(2)9-19-23-13(3)20(29-19)21(26)25-8-7-18-16(11-25)15-10-14(22(27)28-4)5-6-17(15)24-18/h5-6,10,12,24H,7-9,11H2,1-4H3. The van der Waals surface area contributed by atoms with Crippen LogP contribution < -0.4 is 0 Å². The van der Waals surface area contributed by atoms with E-state index in [1.54, 1.807) is 6.07 Å². The number of methoxy groups -OCH3 is 1. The zero-order chi connectivity index (χ0) is 20.7. The Kier molecular flexibility index (Phi) is 5.17. The monoisotopic (exact) mass is 411 g/mol. The summed E-state index contributed by atoms with van der Waals surface area (Å²) in [6, 6.07) is 5.51. The van der Waals surface area contributed by atoms with Crippen LogP contribution in [-0.2, 0) is 24.1 Å². The fourth-order valence-corrected chi connectivity index (χ4v) is 5.11. The minimum Gasteiger partial charge on any atom is -0.465 e. The highest BCUT2D eigenvalue weighted by atomic mass is 32.1. The van der Waals surface area contributed by atoms with E-state index in [4.69, 9.17) is 4.74 Å². The van der Waals surface area contributed by atoms with Crippen LogP contribution in [0.1, 0.15) is 55.8 Å². The molecule has 4 rings (SSSR count). The van der Waals surface area contributed by atoms with Gasteiger partial charge in [-0.3, -0.25) is 4.79 Å². The Hall–Kier alpha value is -2.67. The first-order chi connectivity index (χ1) is 13.9. The van der Waals surface area contributed by atoms with Gasteiger partial charge in [0.1, 0.15) is 4.88 Å². The van der Waals surface area contributed by atoms with Crippen molar-refractivity contribution in [3.05, 3.63) is 50.6 Å². The van der Waals surface area contributed by atoms with Crippen LogP contribution in [0, 0.1) is 12.8 Å². The smallest absolute Gasteiger partial charge is 0.337 e. The average molecular weight is 412 g/mol. The molecule has 6 nitrogen and oxygen atoms in total. The molecular weight excluding hydrogens is 386 g/mol. The lowest BCUT2D eigenvalue weighted by Gasteiger charge is -2.27. The molecule has 0 saturated heterocycles. The van der Waals surface area contributed by atoms with Crippen molar-refractivity contribution in [2.45, 2.75) is 40.2 Å². The van der Waals surface area contributed by atoms with Gasteiger partial charge in [-0.1, -0.05) is 13.8 Å². The van der Waals surface area contributed by atoms with E-state index < -0.39 is 0 Å². The number of aryl methyl sites for hydroxylation is 1. The van der Waals surface area contributed by atoms with Gasteiger partial charge in [0, 0.05) is 48.1 Å². The highest BCUT2D eigenvalue weighted by Crippen LogP contribution is 2.31. The molecule has 1 N–H and O–H groups in total. The summed E-state index contributed by atoms with van der Waals surface area (Å²) in [7, 11) is 1.38. The maximum Gasteiger partial charge on any atom is 0.337 e. The summed E-state index contributed by atoms with van der Waals surface area (Å²) in [6.07, 6.45) is 1.65. The number of carbonyl (C=O) groups excluding carboxylic acids is 2. The number of thiazole rings is 1. The molecule has 2 aromatic heterocycles. The number of carbonyl (C=O) groups is 2. The summed E-state index contributed by atoms with van der Waals surface area (Å²) in [6.45, 7) is 7.42. The van der Waals surface area contributed by atoms with Crippen molar-refractivity contribution < 1.29 is 14.3 Å². The Morgan fingerprint density at radius 2 is 2.14 bits per heavy atom. The number of amides is 1. The third-order valence-corrected chi connectivity index (χ3v) is 6.47. The minimum atomic E-state index is -0.358. The van der Waals surface area contributed by atoms with Crippen molar-refractivity contribution in [2.75, 3.05) is 13.7 Å². The number of aromatic nitrogens is 2. The molecule has 152 valence electrons. The Labute approximate surface area is 173 Å². The van der Waals surface area contributed by atoms with Crippen molar-refractivity contribution >= 4 is 34.1 Å². The SMILES string of the molecule is COC(=O)c1ccc2[nH]c3c(c2c1)CN(C(=O)c1sc(CC(C)C)nc1C)CC3. The number of ether oxygens (including phenoxy) is 1. The molecule has 3 aromatic rings. The maximum absolute atomic E-state index is 13.2. The van der Waals surface area contributed by atoms with Gasteiger partial charge in [-0.2, -0.15) is 0 Å². The first kappa shape index (κ1) is 19.6. The Balaban J connectivity index is 1.63. The molecule has 1 aliphatic rings. The number of fused-ring (bicyclic) bond motifs is 3. The lowest BCUT2D eigenvalue weighted by molar-refractivity contribution is 0.0600. The van der Waals surface area contributed by atoms with Crippen LogP contribution in [0.3, 0.4) is 0 Å². The third-order valence-electron chi connectivity index (χ3n) is 5.30. The lowest BCUT2D eigenvalue weighted by atomic mass is 10.0. The number of benzene rings is 1. The normalized spacial score (nSPS) is 13.8. The summed E-state index contributed by atoms with van der Waals surface area (Å²) >= 11 is 1.51. The molecule has 0 fully saturated rings. The van der Waals surface area contributed by atoms with Crippen LogP contribution in [0.4, 0.5) is 0 Å². The Bertz CT molecular complexity index is 1100. The van der Waals surface area contributed by atoms with Gasteiger partial charge in [0.2, 0.25) is 0 Å². The number of rotatable bonds is 4. The number of hydrogen-bond donors (Lipinski definition) is 1. The van der Waals surface area contributed by atoms with E-state index in [-0.39, 0.29) is 11.9 Å². The van der Waals surface area contributed by atoms with Crippen molar-refractivity contribution in [1.29, 1.82) is 0 Å². The quantitative estimate of drug-likeness (QED) is 0.656. The van der Waals surface area contributed by atoms with Gasteiger partial charge < -0.3 is 14.6 Å². The third kappa shape index (κ3) is 3.67. The molecule has 0 saturated carbocycles. The molecule has 1 aliphatic heterocycles. The van der Waals surface area contributed by atoms with Crippen molar-refractivity contribution in [3.8, 4) is 0 Å². The van der Waals surface area contributed by atoms with E-state index in [1.165, 1.54) is 18.4 Å². The predicted octanol–water partition coefficient (Wildman–Crippen LogP) is 4.12. The van der Waals surface area contributed by atoms with E-state index in [2.05, 4.69) is 23.8 Å². The highest BCUT2D eigenvalue weighted by Gasteiger charge is 2.27. The van der Waals surface area contributed by atoms with E-state index >= 15 is 0 Å². The predicted molar refractivity (Wildman–Crippen MR) is 113 cm³/mol. The molecule has 0 aliphatic carbocycles. The summed E-state index contributed by atoms with van der Waals surface area (Å²) in [4.78, 5) is 35.8. The Morgan fingerprint density at radius 1 is 1.34 bits per heavy atom. The van der Waals surface area contributed by atoms with Crippen LogP contribution >= 0.6 is 11.3 Å². The fraction of sp³-hybridized carbons (Fsp3) is 0.409. The highest BCUT2D eigenvalue weighted by molar-refractivity contribution is 7.13. The number of nitrogens with one attached hydrogen (secondary N) is 1. The van der Waals surface area contributed by atoms with E-state index in [1.807, 2.05) is 24.0 Å². The largest absolute Gasteiger partial charge is 0.465 e. The lowest BCUT2D eigenvalue weighted by Crippen LogP contribution is -2.35. The first-order valence-electron chi connectivity index (χ1n) is 9.84. The van der Waals surface area contributed by atoms with Crippen LogP contribution in [0.5, 0.6) is 0 Å². The molecule has 7 heteroatoms. The number of hydrogen-bond acceptors (Lipinski definition) is 5. The second-order valence-electron chi connectivity index (χ2n) is 7.93. The van der Waals surface area contributed by atoms with Gasteiger partial charge in [0.15, 0.2) is 0 Å². The summed E-state index contributed by atoms with van der Waals surface area (Å²) in [5.41, 5.74) is 4.52. The average Bonchev–Trinajstić information content (AvgIpc) is 3.25. The number of nitrogens with zero attached hydrogens (tertiary/aromatic N) is 2. The zero-order valence-corrected chi connectivity index (χ0v) is 18.0. The van der Waals surface area contributed by atoms with Crippen LogP contribution in [0.2, 0.25) is 0 Å². The van der Waals surface area contributed by atoms with Crippen LogP contribution in [0.15, 0.2) is 18.2 Å². The van der Waals surface area contributed by atoms with Crippen LogP contribution in [0.25, 0.3) is 10.9 Å². The molecule has 0 bridgehead atoms. The van der Waals surface area contributed by atoms with E-state index in [0.29, 0.717) is 24.6 Å². The molecule has 1 amide bonds. The van der Waals surface area contributed by atoms with E-state index in [0.717, 1.165) is 50.6 Å². The Morgan fingerprint density at radius 3 is 2.86 bits per heavy atom. The van der Waals surface area contributed by atoms with Crippen LogP contribution in [-0.4, -0.2) is 40.4 Å². The second kappa shape index (κ2) is 7.63. The molecule has 3 heterocycles.